The molecule has 0 saturated carbocycles. The van der Waals surface area contributed by atoms with Crippen molar-refractivity contribution in [2.45, 2.75) is 25.5 Å². The monoisotopic (exact) mass is 284 g/mol. The maximum atomic E-state index is 10.5. The zero-order valence-electron chi connectivity index (χ0n) is 11.3. The van der Waals surface area contributed by atoms with Crippen LogP contribution in [0.4, 0.5) is 0 Å². The molecule has 0 aliphatic carbocycles. The number of benzene rings is 1. The minimum atomic E-state index is -0.761. The average molecular weight is 284 g/mol. The number of carbonyl (C=O) groups is 1. The van der Waals surface area contributed by atoms with Crippen LogP contribution in [0.15, 0.2) is 24.3 Å². The maximum Gasteiger partial charge on any atom is 0.304 e. The molecule has 0 amide bonds. The van der Waals surface area contributed by atoms with Gasteiger partial charge < -0.3 is 14.6 Å². The van der Waals surface area contributed by atoms with Gasteiger partial charge in [-0.15, -0.1) is 0 Å². The van der Waals surface area contributed by atoms with E-state index in [0.717, 1.165) is 17.3 Å². The second-order valence-electron chi connectivity index (χ2n) is 4.01. The highest BCUT2D eigenvalue weighted by atomic mass is 32.2. The number of thioether (sulfide) groups is 1. The summed E-state index contributed by atoms with van der Waals surface area (Å²) in [5, 5.41) is 8.75. The fourth-order valence-corrected chi connectivity index (χ4v) is 2.39. The smallest absolute Gasteiger partial charge is 0.304 e. The predicted molar refractivity (Wildman–Crippen MR) is 77.3 cm³/mol. The summed E-state index contributed by atoms with van der Waals surface area (Å²) in [4.78, 5) is 10.5. The number of carboxylic acid groups (broad SMARTS) is 1. The number of rotatable bonds is 9. The highest BCUT2D eigenvalue weighted by molar-refractivity contribution is 7.99. The second-order valence-corrected chi connectivity index (χ2v) is 5.55. The van der Waals surface area contributed by atoms with Crippen molar-refractivity contribution in [3.63, 3.8) is 0 Å². The van der Waals surface area contributed by atoms with Gasteiger partial charge in [-0.3, -0.25) is 4.79 Å². The highest BCUT2D eigenvalue weighted by Crippen LogP contribution is 2.26. The second kappa shape index (κ2) is 8.69. The van der Waals surface area contributed by atoms with Crippen LogP contribution in [0.2, 0.25) is 0 Å². The molecule has 0 bridgehead atoms. The Morgan fingerprint density at radius 3 is 2.53 bits per heavy atom. The van der Waals surface area contributed by atoms with Gasteiger partial charge in [0.05, 0.1) is 19.6 Å². The van der Waals surface area contributed by atoms with Crippen LogP contribution in [0.25, 0.3) is 0 Å². The first kappa shape index (κ1) is 15.7. The molecular formula is C14H20O4S. The van der Waals surface area contributed by atoms with Crippen molar-refractivity contribution in [2.75, 3.05) is 19.0 Å². The van der Waals surface area contributed by atoms with Crippen molar-refractivity contribution in [3.05, 3.63) is 24.3 Å². The van der Waals surface area contributed by atoms with Crippen LogP contribution < -0.4 is 9.47 Å². The van der Waals surface area contributed by atoms with E-state index < -0.39 is 5.97 Å². The topological polar surface area (TPSA) is 55.8 Å². The molecular weight excluding hydrogens is 264 g/mol. The van der Waals surface area contributed by atoms with Crippen molar-refractivity contribution >= 4 is 17.7 Å². The first-order valence-corrected chi connectivity index (χ1v) is 7.36. The standard InChI is InChI=1S/C14H20O4S/c1-3-17-12-6-4-5-7-13(12)18-8-9-19-11(2)10-14(15)16/h4-7,11H,3,8-10H2,1-2H3,(H,15,16). The molecule has 1 unspecified atom stereocenters. The number of aliphatic carboxylic acids is 1. The van der Waals surface area contributed by atoms with E-state index in [2.05, 4.69) is 0 Å². The molecule has 0 aromatic heterocycles. The molecule has 0 fully saturated rings. The van der Waals surface area contributed by atoms with Gasteiger partial charge in [-0.1, -0.05) is 19.1 Å². The third-order valence-electron chi connectivity index (χ3n) is 2.35. The van der Waals surface area contributed by atoms with Crippen LogP contribution >= 0.6 is 11.8 Å². The van der Waals surface area contributed by atoms with E-state index in [-0.39, 0.29) is 11.7 Å². The van der Waals surface area contributed by atoms with E-state index in [1.807, 2.05) is 38.1 Å². The predicted octanol–water partition coefficient (Wildman–Crippen LogP) is 3.06. The lowest BCUT2D eigenvalue weighted by Gasteiger charge is -2.12. The number of hydrogen-bond acceptors (Lipinski definition) is 4. The molecule has 0 aliphatic rings. The van der Waals surface area contributed by atoms with Crippen LogP contribution in [-0.4, -0.2) is 35.3 Å². The largest absolute Gasteiger partial charge is 0.490 e. The zero-order chi connectivity index (χ0) is 14.1. The fourth-order valence-electron chi connectivity index (χ4n) is 1.55. The average Bonchev–Trinajstić information content (AvgIpc) is 2.36. The van der Waals surface area contributed by atoms with Crippen molar-refractivity contribution < 1.29 is 19.4 Å². The summed E-state index contributed by atoms with van der Waals surface area (Å²) in [5.74, 6) is 1.47. The Kier molecular flexibility index (Phi) is 7.18. The van der Waals surface area contributed by atoms with Gasteiger partial charge in [0.15, 0.2) is 11.5 Å². The Morgan fingerprint density at radius 2 is 1.95 bits per heavy atom. The summed E-state index contributed by atoms with van der Waals surface area (Å²) >= 11 is 1.60. The highest BCUT2D eigenvalue weighted by Gasteiger charge is 2.08. The van der Waals surface area contributed by atoms with Crippen LogP contribution in [-0.2, 0) is 4.79 Å². The van der Waals surface area contributed by atoms with Gasteiger partial charge in [-0.2, -0.15) is 11.8 Å². The van der Waals surface area contributed by atoms with E-state index >= 15 is 0 Å². The minimum Gasteiger partial charge on any atom is -0.490 e. The quantitative estimate of drug-likeness (QED) is 0.706. The lowest BCUT2D eigenvalue weighted by atomic mass is 10.3. The summed E-state index contributed by atoms with van der Waals surface area (Å²) in [6.07, 6.45) is 0.181. The molecule has 1 aromatic carbocycles. The molecule has 0 aliphatic heterocycles. The van der Waals surface area contributed by atoms with E-state index in [1.54, 1.807) is 11.8 Å². The molecule has 0 saturated heterocycles. The van der Waals surface area contributed by atoms with Gasteiger partial charge in [0, 0.05) is 11.0 Å². The Morgan fingerprint density at radius 1 is 1.32 bits per heavy atom. The van der Waals surface area contributed by atoms with Crippen molar-refractivity contribution in [3.8, 4) is 11.5 Å². The summed E-state index contributed by atoms with van der Waals surface area (Å²) in [5.41, 5.74) is 0. The van der Waals surface area contributed by atoms with Gasteiger partial charge in [-0.25, -0.2) is 0 Å². The van der Waals surface area contributed by atoms with Crippen molar-refractivity contribution in [2.24, 2.45) is 0 Å². The lowest BCUT2D eigenvalue weighted by Crippen LogP contribution is -2.09. The molecule has 19 heavy (non-hydrogen) atoms. The molecule has 0 spiro atoms. The maximum absolute atomic E-state index is 10.5. The Bertz CT molecular complexity index is 395. The Labute approximate surface area is 118 Å². The van der Waals surface area contributed by atoms with E-state index in [1.165, 1.54) is 0 Å². The van der Waals surface area contributed by atoms with Gasteiger partial charge >= 0.3 is 5.97 Å². The fraction of sp³-hybridized carbons (Fsp3) is 0.500. The molecule has 4 nitrogen and oxygen atoms in total. The minimum absolute atomic E-state index is 0.100. The summed E-state index contributed by atoms with van der Waals surface area (Å²) in [6, 6.07) is 7.55. The summed E-state index contributed by atoms with van der Waals surface area (Å²) in [7, 11) is 0. The third kappa shape index (κ3) is 6.38. The Hall–Kier alpha value is -1.36. The number of hydrogen-bond donors (Lipinski definition) is 1. The third-order valence-corrected chi connectivity index (χ3v) is 3.49. The van der Waals surface area contributed by atoms with Crippen LogP contribution in [0.1, 0.15) is 20.3 Å². The van der Waals surface area contributed by atoms with Crippen LogP contribution in [0.5, 0.6) is 11.5 Å². The van der Waals surface area contributed by atoms with Crippen LogP contribution in [0.3, 0.4) is 0 Å². The first-order chi connectivity index (χ1) is 9.13. The van der Waals surface area contributed by atoms with E-state index in [9.17, 15) is 4.79 Å². The van der Waals surface area contributed by atoms with Gasteiger partial charge in [0.2, 0.25) is 0 Å². The normalized spacial score (nSPS) is 11.9. The molecule has 1 rings (SSSR count). The van der Waals surface area contributed by atoms with Gasteiger partial charge in [0.1, 0.15) is 0 Å². The van der Waals surface area contributed by atoms with Crippen molar-refractivity contribution in [1.82, 2.24) is 0 Å². The number of para-hydroxylation sites is 2. The molecule has 5 heteroatoms. The SMILES string of the molecule is CCOc1ccccc1OCCSC(C)CC(=O)O. The lowest BCUT2D eigenvalue weighted by molar-refractivity contribution is -0.136. The summed E-state index contributed by atoms with van der Waals surface area (Å²) < 4.78 is 11.1. The first-order valence-electron chi connectivity index (χ1n) is 6.31. The molecule has 1 N–H and O–H groups in total. The molecule has 1 aromatic rings. The molecule has 0 heterocycles. The molecule has 0 radical (unpaired) electrons. The van der Waals surface area contributed by atoms with E-state index in [0.29, 0.717) is 13.2 Å². The van der Waals surface area contributed by atoms with Gasteiger partial charge in [0.25, 0.3) is 0 Å². The number of carboxylic acids is 1. The van der Waals surface area contributed by atoms with E-state index in [4.69, 9.17) is 14.6 Å². The van der Waals surface area contributed by atoms with Crippen LogP contribution in [0, 0.1) is 0 Å². The Balaban J connectivity index is 2.31. The van der Waals surface area contributed by atoms with Gasteiger partial charge in [-0.05, 0) is 19.1 Å². The zero-order valence-corrected chi connectivity index (χ0v) is 12.1. The number of ether oxygens (including phenoxy) is 2. The molecule has 1 atom stereocenters. The molecule has 106 valence electrons. The summed E-state index contributed by atoms with van der Waals surface area (Å²) in [6.45, 7) is 4.98. The van der Waals surface area contributed by atoms with Crippen molar-refractivity contribution in [1.29, 1.82) is 0 Å².